The average Bonchev–Trinajstić information content (AvgIpc) is 2.51. The lowest BCUT2D eigenvalue weighted by Crippen LogP contribution is -2.42. The minimum absolute atomic E-state index is 0.0439. The van der Waals surface area contributed by atoms with Gasteiger partial charge in [-0.25, -0.2) is 0 Å². The number of aromatic nitrogens is 2. The van der Waals surface area contributed by atoms with E-state index in [-0.39, 0.29) is 12.1 Å². The fourth-order valence-corrected chi connectivity index (χ4v) is 2.03. The molecule has 2 aromatic rings. The summed E-state index contributed by atoms with van der Waals surface area (Å²) < 4.78 is 5.76. The van der Waals surface area contributed by atoms with Gasteiger partial charge in [0.15, 0.2) is 5.15 Å². The largest absolute Gasteiger partial charge is 0.490 e. The van der Waals surface area contributed by atoms with Crippen LogP contribution in [0.1, 0.15) is 20.8 Å². The first-order chi connectivity index (χ1) is 10.8. The number of hydrogen-bond acceptors (Lipinski definition) is 5. The molecule has 0 spiro atoms. The summed E-state index contributed by atoms with van der Waals surface area (Å²) in [5.41, 5.74) is 1.44. The van der Waals surface area contributed by atoms with Crippen molar-refractivity contribution in [1.29, 1.82) is 0 Å². The molecular weight excluding hydrogens is 314 g/mol. The molecule has 0 bridgehead atoms. The second kappa shape index (κ2) is 7.73. The van der Waals surface area contributed by atoms with E-state index >= 15 is 0 Å². The first-order valence-electron chi connectivity index (χ1n) is 7.50. The number of aliphatic hydroxyl groups is 1. The number of rotatable bonds is 6. The summed E-state index contributed by atoms with van der Waals surface area (Å²) >= 11 is 5.77. The van der Waals surface area contributed by atoms with Gasteiger partial charge < -0.3 is 15.2 Å². The summed E-state index contributed by atoms with van der Waals surface area (Å²) in [7, 11) is 0. The van der Waals surface area contributed by atoms with E-state index in [4.69, 9.17) is 16.3 Å². The highest BCUT2D eigenvalue weighted by Gasteiger charge is 2.14. The molecule has 6 heteroatoms. The first-order valence-corrected chi connectivity index (χ1v) is 7.87. The molecule has 0 aliphatic heterocycles. The van der Waals surface area contributed by atoms with Crippen molar-refractivity contribution in [2.75, 3.05) is 13.2 Å². The Kier molecular flexibility index (Phi) is 5.93. The Bertz CT molecular complexity index is 626. The second-order valence-electron chi connectivity index (χ2n) is 6.33. The van der Waals surface area contributed by atoms with E-state index < -0.39 is 6.10 Å². The highest BCUT2D eigenvalue weighted by atomic mass is 35.5. The normalized spacial score (nSPS) is 12.9. The minimum Gasteiger partial charge on any atom is -0.490 e. The molecule has 0 fully saturated rings. The highest BCUT2D eigenvalue weighted by molar-refractivity contribution is 6.29. The Morgan fingerprint density at radius 1 is 1.17 bits per heavy atom. The number of ether oxygens (including phenoxy) is 1. The van der Waals surface area contributed by atoms with Crippen molar-refractivity contribution in [3.63, 3.8) is 0 Å². The Labute approximate surface area is 141 Å². The molecule has 0 saturated carbocycles. The van der Waals surface area contributed by atoms with Crippen molar-refractivity contribution >= 4 is 11.6 Å². The van der Waals surface area contributed by atoms with Crippen LogP contribution in [0, 0.1) is 0 Å². The van der Waals surface area contributed by atoms with Gasteiger partial charge >= 0.3 is 0 Å². The number of aliphatic hydroxyl groups excluding tert-OH is 1. The number of nitrogens with zero attached hydrogens (tertiary/aromatic N) is 2. The van der Waals surface area contributed by atoms with E-state index in [1.807, 2.05) is 24.3 Å². The molecule has 0 saturated heterocycles. The van der Waals surface area contributed by atoms with Gasteiger partial charge in [-0.3, -0.25) is 0 Å². The number of hydrogen-bond donors (Lipinski definition) is 2. The zero-order chi connectivity index (χ0) is 16.9. The average molecular weight is 336 g/mol. The molecule has 1 unspecified atom stereocenters. The van der Waals surface area contributed by atoms with Crippen LogP contribution in [0.4, 0.5) is 0 Å². The molecule has 1 heterocycles. The fourth-order valence-electron chi connectivity index (χ4n) is 1.93. The molecular formula is C17H22ClN3O2. The molecule has 124 valence electrons. The van der Waals surface area contributed by atoms with E-state index in [2.05, 4.69) is 36.3 Å². The summed E-state index contributed by atoms with van der Waals surface area (Å²) in [6.45, 7) is 6.81. The van der Waals surface area contributed by atoms with E-state index in [9.17, 15) is 5.11 Å². The molecule has 1 aromatic carbocycles. The van der Waals surface area contributed by atoms with Crippen molar-refractivity contribution in [3.05, 3.63) is 41.6 Å². The Hall–Kier alpha value is -1.69. The Balaban J connectivity index is 2.02. The van der Waals surface area contributed by atoms with Gasteiger partial charge in [-0.2, -0.15) is 0 Å². The molecule has 0 radical (unpaired) electrons. The Morgan fingerprint density at radius 3 is 2.57 bits per heavy atom. The zero-order valence-electron chi connectivity index (χ0n) is 13.6. The molecule has 1 atom stereocenters. The molecule has 2 N–H and O–H groups in total. The predicted molar refractivity (Wildman–Crippen MR) is 91.7 cm³/mol. The van der Waals surface area contributed by atoms with Crippen LogP contribution in [0.5, 0.6) is 5.75 Å². The number of halogens is 1. The first kappa shape index (κ1) is 17.7. The molecule has 5 nitrogen and oxygen atoms in total. The van der Waals surface area contributed by atoms with Crippen molar-refractivity contribution in [2.24, 2.45) is 0 Å². The maximum absolute atomic E-state index is 10.0. The highest BCUT2D eigenvalue weighted by Crippen LogP contribution is 2.28. The maximum atomic E-state index is 10.0. The van der Waals surface area contributed by atoms with E-state index in [0.29, 0.717) is 23.1 Å². The number of β-amino-alcohol motifs (C(OH)–C–C–N with tert-alkyl or cyclic N) is 1. The number of nitrogens with one attached hydrogen (secondary N) is 1. The molecule has 1 aromatic heterocycles. The van der Waals surface area contributed by atoms with Crippen molar-refractivity contribution in [3.8, 4) is 17.0 Å². The van der Waals surface area contributed by atoms with Crippen LogP contribution in [-0.2, 0) is 0 Å². The molecule has 0 amide bonds. The number of benzene rings is 1. The fraction of sp³-hybridized carbons (Fsp3) is 0.412. The third-order valence-electron chi connectivity index (χ3n) is 3.09. The minimum atomic E-state index is -0.599. The smallest absolute Gasteiger partial charge is 0.151 e. The van der Waals surface area contributed by atoms with Gasteiger partial charge in [-0.1, -0.05) is 23.7 Å². The molecule has 0 aliphatic rings. The van der Waals surface area contributed by atoms with E-state index in [1.54, 1.807) is 12.1 Å². The van der Waals surface area contributed by atoms with Gasteiger partial charge in [0, 0.05) is 17.6 Å². The summed E-state index contributed by atoms with van der Waals surface area (Å²) in [5.74, 6) is 0.652. The van der Waals surface area contributed by atoms with Crippen molar-refractivity contribution < 1.29 is 9.84 Å². The van der Waals surface area contributed by atoms with Gasteiger partial charge in [0.05, 0.1) is 5.69 Å². The summed E-state index contributed by atoms with van der Waals surface area (Å²) in [6.07, 6.45) is -0.599. The summed E-state index contributed by atoms with van der Waals surface area (Å²) in [6, 6.07) is 11.0. The van der Waals surface area contributed by atoms with Gasteiger partial charge in [-0.15, -0.1) is 10.2 Å². The van der Waals surface area contributed by atoms with Crippen molar-refractivity contribution in [2.45, 2.75) is 32.4 Å². The van der Waals surface area contributed by atoms with E-state index in [1.165, 1.54) is 0 Å². The predicted octanol–water partition coefficient (Wildman–Crippen LogP) is 2.92. The molecule has 2 rings (SSSR count). The van der Waals surface area contributed by atoms with Crippen LogP contribution in [0.15, 0.2) is 36.4 Å². The van der Waals surface area contributed by atoms with E-state index in [0.717, 1.165) is 5.56 Å². The molecule has 23 heavy (non-hydrogen) atoms. The topological polar surface area (TPSA) is 67.3 Å². The van der Waals surface area contributed by atoms with Gasteiger partial charge in [0.2, 0.25) is 0 Å². The standard InChI is InChI=1S/C17H22ClN3O2/c1-17(2,3)19-10-12(22)11-23-15-7-5-4-6-13(15)14-8-9-16(18)21-20-14/h4-9,12,19,22H,10-11H2,1-3H3. The molecule has 0 aliphatic carbocycles. The Morgan fingerprint density at radius 2 is 1.91 bits per heavy atom. The lowest BCUT2D eigenvalue weighted by Gasteiger charge is -2.23. The van der Waals surface area contributed by atoms with Crippen LogP contribution in [0.2, 0.25) is 5.15 Å². The van der Waals surface area contributed by atoms with Crippen LogP contribution in [0.3, 0.4) is 0 Å². The monoisotopic (exact) mass is 335 g/mol. The quantitative estimate of drug-likeness (QED) is 0.849. The zero-order valence-corrected chi connectivity index (χ0v) is 14.3. The second-order valence-corrected chi connectivity index (χ2v) is 6.72. The summed E-state index contributed by atoms with van der Waals surface area (Å²) in [5, 5.41) is 21.5. The third-order valence-corrected chi connectivity index (χ3v) is 3.30. The van der Waals surface area contributed by atoms with Crippen LogP contribution in [-0.4, -0.2) is 40.1 Å². The lowest BCUT2D eigenvalue weighted by molar-refractivity contribution is 0.100. The van der Waals surface area contributed by atoms with Gasteiger partial charge in [-0.05, 0) is 45.0 Å². The SMILES string of the molecule is CC(C)(C)NCC(O)COc1ccccc1-c1ccc(Cl)nn1. The van der Waals surface area contributed by atoms with Crippen LogP contribution in [0.25, 0.3) is 11.3 Å². The summed E-state index contributed by atoms with van der Waals surface area (Å²) in [4.78, 5) is 0. The number of para-hydroxylation sites is 1. The van der Waals surface area contributed by atoms with Crippen LogP contribution < -0.4 is 10.1 Å². The maximum Gasteiger partial charge on any atom is 0.151 e. The third kappa shape index (κ3) is 5.78. The lowest BCUT2D eigenvalue weighted by atomic mass is 10.1. The van der Waals surface area contributed by atoms with Gasteiger partial charge in [0.25, 0.3) is 0 Å². The van der Waals surface area contributed by atoms with Crippen LogP contribution >= 0.6 is 11.6 Å². The van der Waals surface area contributed by atoms with Crippen molar-refractivity contribution in [1.82, 2.24) is 15.5 Å². The van der Waals surface area contributed by atoms with Gasteiger partial charge in [0.1, 0.15) is 18.5 Å².